The number of benzene rings is 1. The van der Waals surface area contributed by atoms with Gasteiger partial charge in [-0.05, 0) is 25.8 Å². The molecule has 1 unspecified atom stereocenters. The van der Waals surface area contributed by atoms with E-state index in [4.69, 9.17) is 11.6 Å². The highest BCUT2D eigenvalue weighted by atomic mass is 35.5. The Balaban J connectivity index is 2.83. The van der Waals surface area contributed by atoms with Gasteiger partial charge in [-0.15, -0.1) is 18.2 Å². The van der Waals surface area contributed by atoms with Crippen molar-refractivity contribution in [1.29, 1.82) is 0 Å². The predicted molar refractivity (Wildman–Crippen MR) is 82.7 cm³/mol. The van der Waals surface area contributed by atoms with Crippen molar-refractivity contribution >= 4 is 17.5 Å². The van der Waals surface area contributed by atoms with E-state index in [0.717, 1.165) is 5.56 Å². The minimum Gasteiger partial charge on any atom is -0.386 e. The smallest absolute Gasteiger partial charge is 0.243 e. The maximum absolute atomic E-state index is 12.4. The number of aliphatic hydroxyl groups is 1. The lowest BCUT2D eigenvalue weighted by Gasteiger charge is -2.33. The standard InChI is InChI=1S/C16H22ClNO2/c1-5-11-16(3,17)15(20)18(4)12(2)14(19)13-9-7-6-8-10-13/h5-10,12,14,19H,1,11H2,2-4H3/t12-,14+,16?/m0/s1. The molecule has 1 aromatic rings. The number of rotatable bonds is 6. The van der Waals surface area contributed by atoms with E-state index < -0.39 is 11.0 Å². The molecule has 0 bridgehead atoms. The van der Waals surface area contributed by atoms with E-state index in [2.05, 4.69) is 6.58 Å². The number of carbonyl (C=O) groups is 1. The molecule has 3 nitrogen and oxygen atoms in total. The van der Waals surface area contributed by atoms with Crippen molar-refractivity contribution in [3.8, 4) is 0 Å². The molecule has 3 atom stereocenters. The van der Waals surface area contributed by atoms with E-state index in [1.165, 1.54) is 4.90 Å². The number of hydrogen-bond donors (Lipinski definition) is 1. The van der Waals surface area contributed by atoms with Gasteiger partial charge in [-0.1, -0.05) is 36.4 Å². The maximum Gasteiger partial charge on any atom is 0.243 e. The highest BCUT2D eigenvalue weighted by Crippen LogP contribution is 2.26. The largest absolute Gasteiger partial charge is 0.386 e. The van der Waals surface area contributed by atoms with Gasteiger partial charge in [0.2, 0.25) is 5.91 Å². The summed E-state index contributed by atoms with van der Waals surface area (Å²) >= 11 is 6.23. The van der Waals surface area contributed by atoms with Gasteiger partial charge in [-0.3, -0.25) is 4.79 Å². The average molecular weight is 296 g/mol. The molecule has 1 amide bonds. The lowest BCUT2D eigenvalue weighted by molar-refractivity contribution is -0.136. The normalized spacial score (nSPS) is 16.9. The molecule has 1 N–H and O–H groups in total. The van der Waals surface area contributed by atoms with Gasteiger partial charge in [0.1, 0.15) is 4.87 Å². The number of allylic oxidation sites excluding steroid dienone is 1. The molecule has 0 aliphatic carbocycles. The van der Waals surface area contributed by atoms with Crippen LogP contribution in [0.25, 0.3) is 0 Å². The molecule has 0 saturated heterocycles. The Morgan fingerprint density at radius 2 is 2.05 bits per heavy atom. The van der Waals surface area contributed by atoms with Crippen molar-refractivity contribution in [1.82, 2.24) is 4.90 Å². The van der Waals surface area contributed by atoms with Crippen molar-refractivity contribution in [3.63, 3.8) is 0 Å². The molecule has 0 aromatic heterocycles. The molecule has 110 valence electrons. The molecule has 0 radical (unpaired) electrons. The van der Waals surface area contributed by atoms with Gasteiger partial charge in [-0.2, -0.15) is 0 Å². The molecule has 0 saturated carbocycles. The zero-order valence-electron chi connectivity index (χ0n) is 12.2. The van der Waals surface area contributed by atoms with Crippen LogP contribution in [-0.2, 0) is 4.79 Å². The molecule has 0 spiro atoms. The number of hydrogen-bond acceptors (Lipinski definition) is 2. The Bertz CT molecular complexity index is 459. The Morgan fingerprint density at radius 3 is 2.55 bits per heavy atom. The summed E-state index contributed by atoms with van der Waals surface area (Å²) < 4.78 is 0. The Kier molecular flexibility index (Phi) is 5.78. The first-order valence-electron chi connectivity index (χ1n) is 6.61. The van der Waals surface area contributed by atoms with Crippen molar-refractivity contribution in [2.45, 2.75) is 37.3 Å². The van der Waals surface area contributed by atoms with Crippen LogP contribution < -0.4 is 0 Å². The molecule has 0 aliphatic heterocycles. The highest BCUT2D eigenvalue weighted by Gasteiger charge is 2.35. The average Bonchev–Trinajstić information content (AvgIpc) is 2.45. The van der Waals surface area contributed by atoms with E-state index in [-0.39, 0.29) is 11.9 Å². The van der Waals surface area contributed by atoms with Crippen molar-refractivity contribution in [2.24, 2.45) is 0 Å². The Labute approximate surface area is 125 Å². The summed E-state index contributed by atoms with van der Waals surface area (Å²) in [6.45, 7) is 7.08. The Hall–Kier alpha value is -1.32. The fraction of sp³-hybridized carbons (Fsp3) is 0.438. The van der Waals surface area contributed by atoms with Crippen LogP contribution in [0.2, 0.25) is 0 Å². The third kappa shape index (κ3) is 3.84. The molecular formula is C16H22ClNO2. The van der Waals surface area contributed by atoms with Crippen LogP contribution in [0.4, 0.5) is 0 Å². The van der Waals surface area contributed by atoms with Gasteiger partial charge >= 0.3 is 0 Å². The fourth-order valence-electron chi connectivity index (χ4n) is 2.05. The maximum atomic E-state index is 12.4. The van der Waals surface area contributed by atoms with Crippen LogP contribution in [0, 0.1) is 0 Å². The second kappa shape index (κ2) is 6.91. The van der Waals surface area contributed by atoms with Crippen LogP contribution in [-0.4, -0.2) is 33.9 Å². The minimum atomic E-state index is -1.03. The first-order valence-corrected chi connectivity index (χ1v) is 6.99. The quantitative estimate of drug-likeness (QED) is 0.647. The summed E-state index contributed by atoms with van der Waals surface area (Å²) in [7, 11) is 1.66. The van der Waals surface area contributed by atoms with Crippen LogP contribution >= 0.6 is 11.6 Å². The third-order valence-electron chi connectivity index (χ3n) is 3.50. The zero-order chi connectivity index (χ0) is 15.3. The van der Waals surface area contributed by atoms with Crippen molar-refractivity contribution < 1.29 is 9.90 Å². The second-order valence-corrected chi connectivity index (χ2v) is 6.04. The van der Waals surface area contributed by atoms with Gasteiger partial charge in [0.25, 0.3) is 0 Å². The summed E-state index contributed by atoms with van der Waals surface area (Å²) in [6, 6.07) is 8.90. The number of aliphatic hydroxyl groups excluding tert-OH is 1. The summed E-state index contributed by atoms with van der Waals surface area (Å²) in [6.07, 6.45) is 1.25. The molecule has 0 aliphatic rings. The van der Waals surface area contributed by atoms with Crippen LogP contribution in [0.5, 0.6) is 0 Å². The molecular weight excluding hydrogens is 274 g/mol. The van der Waals surface area contributed by atoms with Crippen LogP contribution in [0.3, 0.4) is 0 Å². The van der Waals surface area contributed by atoms with E-state index in [9.17, 15) is 9.90 Å². The summed E-state index contributed by atoms with van der Waals surface area (Å²) in [5, 5.41) is 10.3. The number of likely N-dealkylation sites (N-methyl/N-ethyl adjacent to an activating group) is 1. The molecule has 1 rings (SSSR count). The summed E-state index contributed by atoms with van der Waals surface area (Å²) in [5.41, 5.74) is 0.777. The van der Waals surface area contributed by atoms with Crippen molar-refractivity contribution in [2.75, 3.05) is 7.05 Å². The number of nitrogens with zero attached hydrogens (tertiary/aromatic N) is 1. The molecule has 1 aromatic carbocycles. The second-order valence-electron chi connectivity index (χ2n) is 5.20. The predicted octanol–water partition coefficient (Wildman–Crippen LogP) is 3.14. The Morgan fingerprint density at radius 1 is 1.50 bits per heavy atom. The molecule has 0 fully saturated rings. The van der Waals surface area contributed by atoms with Crippen molar-refractivity contribution in [3.05, 3.63) is 48.6 Å². The first-order chi connectivity index (χ1) is 9.31. The van der Waals surface area contributed by atoms with Gasteiger partial charge in [0, 0.05) is 7.05 Å². The first kappa shape index (κ1) is 16.7. The molecule has 4 heteroatoms. The third-order valence-corrected chi connectivity index (χ3v) is 3.82. The van der Waals surface area contributed by atoms with Gasteiger partial charge in [0.15, 0.2) is 0 Å². The van der Waals surface area contributed by atoms with E-state index >= 15 is 0 Å². The molecule has 0 heterocycles. The summed E-state index contributed by atoms with van der Waals surface area (Å²) in [4.78, 5) is 12.8. The lowest BCUT2D eigenvalue weighted by atomic mass is 10.00. The fourth-order valence-corrected chi connectivity index (χ4v) is 2.29. The van der Waals surface area contributed by atoms with Crippen LogP contribution in [0.15, 0.2) is 43.0 Å². The molecule has 20 heavy (non-hydrogen) atoms. The van der Waals surface area contributed by atoms with Gasteiger partial charge in [0.05, 0.1) is 12.1 Å². The van der Waals surface area contributed by atoms with E-state index in [1.54, 1.807) is 27.0 Å². The number of halogens is 1. The van der Waals surface area contributed by atoms with E-state index in [0.29, 0.717) is 6.42 Å². The topological polar surface area (TPSA) is 40.5 Å². The number of amides is 1. The van der Waals surface area contributed by atoms with E-state index in [1.807, 2.05) is 30.3 Å². The number of alkyl halides is 1. The van der Waals surface area contributed by atoms with Gasteiger partial charge in [-0.25, -0.2) is 0 Å². The summed E-state index contributed by atoms with van der Waals surface area (Å²) in [5.74, 6) is -0.221. The van der Waals surface area contributed by atoms with Crippen LogP contribution in [0.1, 0.15) is 31.9 Å². The minimum absolute atomic E-state index is 0.221. The lowest BCUT2D eigenvalue weighted by Crippen LogP contribution is -2.47. The van der Waals surface area contributed by atoms with Gasteiger partial charge < -0.3 is 10.0 Å². The highest BCUT2D eigenvalue weighted by molar-refractivity contribution is 6.34. The SMILES string of the molecule is C=CCC(C)(Cl)C(=O)N(C)[C@@H](C)[C@@H](O)c1ccccc1. The number of carbonyl (C=O) groups excluding carboxylic acids is 1. The zero-order valence-corrected chi connectivity index (χ0v) is 13.0. The monoisotopic (exact) mass is 295 g/mol.